The van der Waals surface area contributed by atoms with Gasteiger partial charge in [0.2, 0.25) is 0 Å². The Balaban J connectivity index is 1.61. The van der Waals surface area contributed by atoms with Gasteiger partial charge in [0.1, 0.15) is 0 Å². The summed E-state index contributed by atoms with van der Waals surface area (Å²) in [5.41, 5.74) is 0. The second kappa shape index (κ2) is 5.48. The Morgan fingerprint density at radius 3 is 2.45 bits per heavy atom. The van der Waals surface area contributed by atoms with E-state index >= 15 is 0 Å². The summed E-state index contributed by atoms with van der Waals surface area (Å²) in [5, 5.41) is 1.36. The molecule has 3 rings (SSSR count). The SMILES string of the molecule is O=C(c1cccs1)N1CC(S(=O)(=O)C2CCCCC2)C1. The van der Waals surface area contributed by atoms with Crippen molar-refractivity contribution in [2.45, 2.75) is 42.6 Å². The van der Waals surface area contributed by atoms with E-state index < -0.39 is 9.84 Å². The number of amides is 1. The standard InChI is InChI=1S/C14H19NO3S2/c16-14(13-7-4-8-19-13)15-9-12(10-15)20(17,18)11-5-2-1-3-6-11/h4,7-8,11-12H,1-3,5-6,9-10H2. The second-order valence-electron chi connectivity index (χ2n) is 5.66. The lowest BCUT2D eigenvalue weighted by molar-refractivity contribution is 0.0663. The first-order valence-electron chi connectivity index (χ1n) is 7.14. The molecule has 4 nitrogen and oxygen atoms in total. The first-order chi connectivity index (χ1) is 9.59. The summed E-state index contributed by atoms with van der Waals surface area (Å²) >= 11 is 1.40. The van der Waals surface area contributed by atoms with E-state index in [0.29, 0.717) is 18.0 Å². The minimum absolute atomic E-state index is 0.0323. The Bertz CT molecular complexity index is 568. The van der Waals surface area contributed by atoms with Gasteiger partial charge in [-0.15, -0.1) is 11.3 Å². The van der Waals surface area contributed by atoms with E-state index in [1.807, 2.05) is 11.4 Å². The van der Waals surface area contributed by atoms with Crippen LogP contribution < -0.4 is 0 Å². The molecule has 0 unspecified atom stereocenters. The normalized spacial score (nSPS) is 21.7. The maximum absolute atomic E-state index is 12.5. The average Bonchev–Trinajstić information content (AvgIpc) is 2.91. The second-order valence-corrected chi connectivity index (χ2v) is 9.12. The van der Waals surface area contributed by atoms with Crippen LogP contribution in [0.2, 0.25) is 0 Å². The molecule has 1 amide bonds. The van der Waals surface area contributed by atoms with Crippen LogP contribution in [0.4, 0.5) is 0 Å². The Morgan fingerprint density at radius 2 is 1.85 bits per heavy atom. The highest BCUT2D eigenvalue weighted by Gasteiger charge is 2.43. The molecule has 20 heavy (non-hydrogen) atoms. The molecule has 1 saturated heterocycles. The molecule has 0 atom stereocenters. The number of nitrogens with zero attached hydrogens (tertiary/aromatic N) is 1. The molecule has 0 N–H and O–H groups in total. The van der Waals surface area contributed by atoms with Crippen LogP contribution >= 0.6 is 11.3 Å². The molecule has 1 saturated carbocycles. The van der Waals surface area contributed by atoms with E-state index in [4.69, 9.17) is 0 Å². The quantitative estimate of drug-likeness (QED) is 0.860. The molecular formula is C14H19NO3S2. The molecule has 2 fully saturated rings. The van der Waals surface area contributed by atoms with Crippen molar-refractivity contribution >= 4 is 27.1 Å². The topological polar surface area (TPSA) is 54.5 Å². The molecule has 6 heteroatoms. The molecule has 1 aromatic heterocycles. The third-order valence-corrected chi connectivity index (χ3v) is 7.83. The third-order valence-electron chi connectivity index (χ3n) is 4.35. The van der Waals surface area contributed by atoms with E-state index in [2.05, 4.69) is 0 Å². The average molecular weight is 313 g/mol. The van der Waals surface area contributed by atoms with Gasteiger partial charge in [-0.2, -0.15) is 0 Å². The van der Waals surface area contributed by atoms with Crippen LogP contribution in [0.1, 0.15) is 41.8 Å². The van der Waals surface area contributed by atoms with E-state index in [9.17, 15) is 13.2 Å². The van der Waals surface area contributed by atoms with Gasteiger partial charge in [-0.3, -0.25) is 4.79 Å². The Kier molecular flexibility index (Phi) is 3.86. The van der Waals surface area contributed by atoms with Crippen molar-refractivity contribution in [3.63, 3.8) is 0 Å². The summed E-state index contributed by atoms with van der Waals surface area (Å²) in [4.78, 5) is 14.4. The largest absolute Gasteiger partial charge is 0.335 e. The molecule has 110 valence electrons. The summed E-state index contributed by atoms with van der Waals surface area (Å²) in [6.07, 6.45) is 4.80. The number of rotatable bonds is 3. The maximum atomic E-state index is 12.5. The van der Waals surface area contributed by atoms with Crippen LogP contribution in [0.5, 0.6) is 0 Å². The van der Waals surface area contributed by atoms with Gasteiger partial charge in [0.05, 0.1) is 15.4 Å². The first kappa shape index (κ1) is 14.1. The molecule has 2 aliphatic rings. The van der Waals surface area contributed by atoms with Crippen LogP contribution in [0.25, 0.3) is 0 Å². The molecule has 0 aromatic carbocycles. The molecule has 1 aromatic rings. The number of thiophene rings is 1. The van der Waals surface area contributed by atoms with Gasteiger partial charge in [-0.1, -0.05) is 25.3 Å². The van der Waals surface area contributed by atoms with Crippen molar-refractivity contribution in [3.05, 3.63) is 22.4 Å². The highest BCUT2D eigenvalue weighted by molar-refractivity contribution is 7.92. The minimum Gasteiger partial charge on any atom is -0.335 e. The molecule has 0 radical (unpaired) electrons. The predicted molar refractivity (Wildman–Crippen MR) is 79.8 cm³/mol. The summed E-state index contributed by atoms with van der Waals surface area (Å²) < 4.78 is 25.0. The molecule has 2 heterocycles. The zero-order valence-corrected chi connectivity index (χ0v) is 13.0. The van der Waals surface area contributed by atoms with Crippen LogP contribution in [0, 0.1) is 0 Å². The van der Waals surface area contributed by atoms with Crippen molar-refractivity contribution in [1.82, 2.24) is 4.90 Å². The van der Waals surface area contributed by atoms with E-state index in [1.54, 1.807) is 11.0 Å². The predicted octanol–water partition coefficient (Wildman–Crippen LogP) is 2.32. The number of hydrogen-bond donors (Lipinski definition) is 0. The lowest BCUT2D eigenvalue weighted by atomic mass is 10.0. The lowest BCUT2D eigenvalue weighted by Gasteiger charge is -2.40. The smallest absolute Gasteiger partial charge is 0.263 e. The van der Waals surface area contributed by atoms with Crippen molar-refractivity contribution in [1.29, 1.82) is 0 Å². The number of hydrogen-bond acceptors (Lipinski definition) is 4. The van der Waals surface area contributed by atoms with Gasteiger partial charge in [0, 0.05) is 13.1 Å². The molecule has 1 aliphatic heterocycles. The van der Waals surface area contributed by atoms with Crippen molar-refractivity contribution in [2.75, 3.05) is 13.1 Å². The number of likely N-dealkylation sites (tertiary alicyclic amines) is 1. The summed E-state index contributed by atoms with van der Waals surface area (Å²) in [7, 11) is -3.05. The van der Waals surface area contributed by atoms with Gasteiger partial charge in [-0.05, 0) is 24.3 Å². The van der Waals surface area contributed by atoms with Crippen LogP contribution in [-0.2, 0) is 9.84 Å². The first-order valence-corrected chi connectivity index (χ1v) is 9.63. The zero-order valence-electron chi connectivity index (χ0n) is 11.3. The number of carbonyl (C=O) groups excluding carboxylic acids is 1. The van der Waals surface area contributed by atoms with Gasteiger partial charge in [0.15, 0.2) is 9.84 Å². The summed E-state index contributed by atoms with van der Waals surface area (Å²) in [6.45, 7) is 0.741. The van der Waals surface area contributed by atoms with E-state index in [-0.39, 0.29) is 16.4 Å². The Morgan fingerprint density at radius 1 is 1.15 bits per heavy atom. The summed E-state index contributed by atoms with van der Waals surface area (Å²) in [6, 6.07) is 3.63. The zero-order chi connectivity index (χ0) is 14.2. The highest BCUT2D eigenvalue weighted by atomic mass is 32.2. The summed E-state index contributed by atoms with van der Waals surface area (Å²) in [5.74, 6) is -0.0323. The van der Waals surface area contributed by atoms with Gasteiger partial charge in [0.25, 0.3) is 5.91 Å². The Labute approximate surface area is 123 Å². The van der Waals surface area contributed by atoms with Crippen LogP contribution in [0.3, 0.4) is 0 Å². The minimum atomic E-state index is -3.05. The van der Waals surface area contributed by atoms with Gasteiger partial charge >= 0.3 is 0 Å². The number of sulfone groups is 1. The third kappa shape index (κ3) is 2.51. The van der Waals surface area contributed by atoms with Gasteiger partial charge in [-0.25, -0.2) is 8.42 Å². The van der Waals surface area contributed by atoms with E-state index in [1.165, 1.54) is 11.3 Å². The Hall–Kier alpha value is -0.880. The fourth-order valence-corrected chi connectivity index (χ4v) is 6.03. The van der Waals surface area contributed by atoms with Crippen LogP contribution in [-0.4, -0.2) is 42.8 Å². The molecule has 0 spiro atoms. The maximum Gasteiger partial charge on any atom is 0.263 e. The fraction of sp³-hybridized carbons (Fsp3) is 0.643. The van der Waals surface area contributed by atoms with Gasteiger partial charge < -0.3 is 4.90 Å². The molecule has 0 bridgehead atoms. The lowest BCUT2D eigenvalue weighted by Crippen LogP contribution is -2.58. The van der Waals surface area contributed by atoms with Crippen molar-refractivity contribution in [3.8, 4) is 0 Å². The van der Waals surface area contributed by atoms with Crippen LogP contribution in [0.15, 0.2) is 17.5 Å². The van der Waals surface area contributed by atoms with Crippen molar-refractivity contribution < 1.29 is 13.2 Å². The molecular weight excluding hydrogens is 294 g/mol. The molecule has 1 aliphatic carbocycles. The van der Waals surface area contributed by atoms with E-state index in [0.717, 1.165) is 32.1 Å². The number of carbonyl (C=O) groups is 1. The fourth-order valence-electron chi connectivity index (χ4n) is 3.03. The monoisotopic (exact) mass is 313 g/mol. The van der Waals surface area contributed by atoms with Crippen molar-refractivity contribution in [2.24, 2.45) is 0 Å². The highest BCUT2D eigenvalue weighted by Crippen LogP contribution is 2.30.